The van der Waals surface area contributed by atoms with Crippen molar-refractivity contribution in [2.45, 2.75) is 12.5 Å². The first-order chi connectivity index (χ1) is 13.7. The van der Waals surface area contributed by atoms with E-state index >= 15 is 0 Å². The van der Waals surface area contributed by atoms with Crippen LogP contribution in [0, 0.1) is 0 Å². The summed E-state index contributed by atoms with van der Waals surface area (Å²) in [6.07, 6.45) is 1.28. The van der Waals surface area contributed by atoms with Crippen LogP contribution in [0.15, 0.2) is 52.2 Å². The number of benzene rings is 1. The van der Waals surface area contributed by atoms with Gasteiger partial charge in [-0.15, -0.1) is 0 Å². The van der Waals surface area contributed by atoms with Crippen LogP contribution in [0.4, 0.5) is 0 Å². The summed E-state index contributed by atoms with van der Waals surface area (Å²) in [5, 5.41) is 4.09. The second-order valence-corrected chi connectivity index (χ2v) is 6.66. The molecule has 0 radical (unpaired) electrons. The van der Waals surface area contributed by atoms with E-state index in [9.17, 15) is 9.59 Å². The molecule has 1 aromatic carbocycles. The first-order valence-corrected chi connectivity index (χ1v) is 9.14. The maximum Gasteiger partial charge on any atom is 0.289 e. The molecular weight excluding hydrogens is 362 g/mol. The predicted octanol–water partition coefficient (Wildman–Crippen LogP) is 1.77. The maximum absolute atomic E-state index is 12.8. The molecular formula is C20H21N3O5. The molecule has 1 atom stereocenters. The molecule has 3 heterocycles. The highest BCUT2D eigenvalue weighted by Gasteiger charge is 2.34. The van der Waals surface area contributed by atoms with Crippen LogP contribution in [0.5, 0.6) is 5.75 Å². The fourth-order valence-corrected chi connectivity index (χ4v) is 3.35. The topological polar surface area (TPSA) is 84.6 Å². The van der Waals surface area contributed by atoms with Gasteiger partial charge in [0.05, 0.1) is 19.1 Å². The maximum atomic E-state index is 12.8. The van der Waals surface area contributed by atoms with Crippen LogP contribution in [-0.2, 0) is 9.63 Å². The van der Waals surface area contributed by atoms with Crippen LogP contribution < -0.4 is 4.74 Å². The van der Waals surface area contributed by atoms with Crippen molar-refractivity contribution < 1.29 is 23.6 Å². The predicted molar refractivity (Wildman–Crippen MR) is 100 cm³/mol. The van der Waals surface area contributed by atoms with E-state index in [0.717, 1.165) is 17.0 Å². The van der Waals surface area contributed by atoms with E-state index in [0.29, 0.717) is 38.4 Å². The second kappa shape index (κ2) is 7.75. The zero-order chi connectivity index (χ0) is 19.5. The van der Waals surface area contributed by atoms with E-state index in [1.165, 1.54) is 6.26 Å². The van der Waals surface area contributed by atoms with Crippen molar-refractivity contribution in [3.63, 3.8) is 0 Å². The Morgan fingerprint density at radius 3 is 2.43 bits per heavy atom. The zero-order valence-corrected chi connectivity index (χ0v) is 15.5. The van der Waals surface area contributed by atoms with Crippen LogP contribution in [0.1, 0.15) is 22.5 Å². The van der Waals surface area contributed by atoms with Gasteiger partial charge in [-0.05, 0) is 42.0 Å². The fraction of sp³-hybridized carbons (Fsp3) is 0.350. The molecule has 0 bridgehead atoms. The largest absolute Gasteiger partial charge is 0.497 e. The van der Waals surface area contributed by atoms with Crippen molar-refractivity contribution in [2.24, 2.45) is 5.16 Å². The number of amides is 2. The number of methoxy groups -OCH3 is 1. The van der Waals surface area contributed by atoms with Gasteiger partial charge in [-0.3, -0.25) is 9.59 Å². The highest BCUT2D eigenvalue weighted by atomic mass is 16.6. The fourth-order valence-electron chi connectivity index (χ4n) is 3.35. The number of carbonyl (C=O) groups excluding carboxylic acids is 2. The molecule has 2 aromatic rings. The van der Waals surface area contributed by atoms with Gasteiger partial charge in [-0.1, -0.05) is 5.16 Å². The van der Waals surface area contributed by atoms with Crippen molar-refractivity contribution in [2.75, 3.05) is 33.3 Å². The van der Waals surface area contributed by atoms with Crippen molar-refractivity contribution in [3.05, 3.63) is 54.0 Å². The zero-order valence-electron chi connectivity index (χ0n) is 15.5. The molecule has 146 valence electrons. The number of furan rings is 1. The third-order valence-corrected chi connectivity index (χ3v) is 4.98. The minimum absolute atomic E-state index is 0.0997. The number of piperazine rings is 1. The van der Waals surface area contributed by atoms with Crippen molar-refractivity contribution in [1.82, 2.24) is 9.80 Å². The lowest BCUT2D eigenvalue weighted by molar-refractivity contribution is -0.143. The van der Waals surface area contributed by atoms with Gasteiger partial charge in [0.2, 0.25) is 6.10 Å². The van der Waals surface area contributed by atoms with Gasteiger partial charge in [0.25, 0.3) is 11.8 Å². The minimum Gasteiger partial charge on any atom is -0.497 e. The van der Waals surface area contributed by atoms with Gasteiger partial charge in [0, 0.05) is 32.6 Å². The number of hydrogen-bond acceptors (Lipinski definition) is 6. The molecule has 1 aromatic heterocycles. The quantitative estimate of drug-likeness (QED) is 0.803. The summed E-state index contributed by atoms with van der Waals surface area (Å²) < 4.78 is 10.3. The lowest BCUT2D eigenvalue weighted by Gasteiger charge is -2.35. The van der Waals surface area contributed by atoms with Crippen LogP contribution >= 0.6 is 0 Å². The number of carbonyl (C=O) groups is 2. The molecule has 2 aliphatic rings. The molecule has 1 fully saturated rings. The Hall–Kier alpha value is -3.29. The lowest BCUT2D eigenvalue weighted by Crippen LogP contribution is -2.52. The van der Waals surface area contributed by atoms with Gasteiger partial charge < -0.3 is 23.8 Å². The summed E-state index contributed by atoms with van der Waals surface area (Å²) in [7, 11) is 1.61. The second-order valence-electron chi connectivity index (χ2n) is 6.66. The molecule has 0 saturated carbocycles. The number of rotatable bonds is 4. The van der Waals surface area contributed by atoms with E-state index in [-0.39, 0.29) is 11.8 Å². The standard InChI is InChI=1S/C20H21N3O5/c1-26-15-6-4-14(5-7-15)16-13-18(28-21-16)20(25)23-10-8-22(9-11-23)19(24)17-3-2-12-27-17/h2-7,12,18H,8-11,13H2,1H3/t18-/m1/s1. The number of nitrogens with zero attached hydrogens (tertiary/aromatic N) is 3. The summed E-state index contributed by atoms with van der Waals surface area (Å²) in [5.74, 6) is 0.825. The van der Waals surface area contributed by atoms with Gasteiger partial charge in [0.1, 0.15) is 5.75 Å². The average molecular weight is 383 g/mol. The van der Waals surface area contributed by atoms with Gasteiger partial charge >= 0.3 is 0 Å². The summed E-state index contributed by atoms with van der Waals surface area (Å²) in [6.45, 7) is 1.85. The van der Waals surface area contributed by atoms with E-state index < -0.39 is 6.10 Å². The van der Waals surface area contributed by atoms with E-state index in [2.05, 4.69) is 5.16 Å². The van der Waals surface area contributed by atoms with E-state index in [1.54, 1.807) is 29.0 Å². The average Bonchev–Trinajstić information content (AvgIpc) is 3.45. The first-order valence-electron chi connectivity index (χ1n) is 9.14. The molecule has 0 aliphatic carbocycles. The Morgan fingerprint density at radius 2 is 1.79 bits per heavy atom. The van der Waals surface area contributed by atoms with Crippen LogP contribution in [0.2, 0.25) is 0 Å². The highest BCUT2D eigenvalue weighted by molar-refractivity contribution is 6.04. The molecule has 4 rings (SSSR count). The molecule has 1 saturated heterocycles. The molecule has 0 N–H and O–H groups in total. The van der Waals surface area contributed by atoms with Crippen LogP contribution in [-0.4, -0.2) is 66.7 Å². The van der Waals surface area contributed by atoms with Crippen molar-refractivity contribution in [3.8, 4) is 5.75 Å². The summed E-state index contributed by atoms with van der Waals surface area (Å²) in [5.41, 5.74) is 1.65. The summed E-state index contributed by atoms with van der Waals surface area (Å²) in [6, 6.07) is 10.8. The molecule has 2 amide bonds. The summed E-state index contributed by atoms with van der Waals surface area (Å²) in [4.78, 5) is 33.9. The van der Waals surface area contributed by atoms with Gasteiger partial charge in [-0.2, -0.15) is 0 Å². The lowest BCUT2D eigenvalue weighted by atomic mass is 10.0. The Bertz CT molecular complexity index is 868. The smallest absolute Gasteiger partial charge is 0.289 e. The third-order valence-electron chi connectivity index (χ3n) is 4.98. The Morgan fingerprint density at radius 1 is 1.07 bits per heavy atom. The number of hydrogen-bond donors (Lipinski definition) is 0. The molecule has 28 heavy (non-hydrogen) atoms. The first kappa shape index (κ1) is 18.1. The Labute approximate surface area is 162 Å². The number of oxime groups is 1. The monoisotopic (exact) mass is 383 g/mol. The Balaban J connectivity index is 1.31. The SMILES string of the molecule is COc1ccc(C2=NO[C@@H](C(=O)N3CCN(C(=O)c4ccco4)CC3)C2)cc1. The van der Waals surface area contributed by atoms with E-state index in [1.807, 2.05) is 24.3 Å². The van der Waals surface area contributed by atoms with Crippen LogP contribution in [0.25, 0.3) is 0 Å². The Kier molecular flexibility index (Phi) is 5.01. The number of ether oxygens (including phenoxy) is 1. The van der Waals surface area contributed by atoms with E-state index in [4.69, 9.17) is 14.0 Å². The van der Waals surface area contributed by atoms with Crippen molar-refractivity contribution in [1.29, 1.82) is 0 Å². The summed E-state index contributed by atoms with van der Waals surface area (Å²) >= 11 is 0. The minimum atomic E-state index is -0.621. The van der Waals surface area contributed by atoms with Crippen molar-refractivity contribution >= 4 is 17.5 Å². The normalized spacial score (nSPS) is 19.2. The molecule has 2 aliphatic heterocycles. The molecule has 0 unspecified atom stereocenters. The molecule has 8 heteroatoms. The van der Waals surface area contributed by atoms with Crippen LogP contribution in [0.3, 0.4) is 0 Å². The van der Waals surface area contributed by atoms with Gasteiger partial charge in [0.15, 0.2) is 5.76 Å². The third kappa shape index (κ3) is 3.58. The molecule has 0 spiro atoms. The highest BCUT2D eigenvalue weighted by Crippen LogP contribution is 2.21. The molecule has 8 nitrogen and oxygen atoms in total. The van der Waals surface area contributed by atoms with Gasteiger partial charge in [-0.25, -0.2) is 0 Å².